The molecular weight excluding hydrogens is 338 g/mol. The minimum absolute atomic E-state index is 0.172. The zero-order valence-electron chi connectivity index (χ0n) is 14.7. The van der Waals surface area contributed by atoms with Crippen LogP contribution in [0.1, 0.15) is 64.3 Å². The number of rotatable bonds is 3. The van der Waals surface area contributed by atoms with Crippen LogP contribution < -0.4 is 16.6 Å². The first kappa shape index (κ1) is 17.6. The molecule has 0 aromatic carbocycles. The van der Waals surface area contributed by atoms with Gasteiger partial charge in [0.15, 0.2) is 0 Å². The Labute approximate surface area is 150 Å². The highest BCUT2D eigenvalue weighted by atomic mass is 32.1. The van der Waals surface area contributed by atoms with Gasteiger partial charge < -0.3 is 16.0 Å². The van der Waals surface area contributed by atoms with Gasteiger partial charge in [0.05, 0.1) is 5.54 Å². The van der Waals surface area contributed by atoms with Crippen LogP contribution >= 0.6 is 11.3 Å². The van der Waals surface area contributed by atoms with Crippen LogP contribution in [-0.4, -0.2) is 21.1 Å². The molecule has 0 radical (unpaired) electrons. The second-order valence-electron chi connectivity index (χ2n) is 6.75. The minimum atomic E-state index is -0.595. The number of aromatic amines is 1. The molecule has 25 heavy (non-hydrogen) atoms. The normalized spacial score (nSPS) is 16.6. The van der Waals surface area contributed by atoms with Gasteiger partial charge in [-0.15, -0.1) is 10.2 Å². The fraction of sp³-hybridized carbons (Fsp3) is 0.529. The van der Waals surface area contributed by atoms with Gasteiger partial charge in [0.1, 0.15) is 10.6 Å². The summed E-state index contributed by atoms with van der Waals surface area (Å²) in [5, 5.41) is 12.3. The smallest absolute Gasteiger partial charge is 0.261 e. The Morgan fingerprint density at radius 1 is 1.16 bits per heavy atom. The van der Waals surface area contributed by atoms with E-state index < -0.39 is 5.54 Å². The van der Waals surface area contributed by atoms with Crippen molar-refractivity contribution in [2.75, 3.05) is 5.73 Å². The first-order valence-corrected chi connectivity index (χ1v) is 9.28. The molecule has 3 rings (SSSR count). The Morgan fingerprint density at radius 2 is 1.84 bits per heavy atom. The Kier molecular flexibility index (Phi) is 4.64. The van der Waals surface area contributed by atoms with Gasteiger partial charge in [-0.2, -0.15) is 0 Å². The standard InChI is InChI=1S/C17H23N5O2S/c1-9-10(2)12(13(23)19-11(9)3)14(24)20-17(7-5-4-6-8-17)15-21-22-16(18)25-15/h4-8H2,1-3H3,(H2,18,22)(H,19,23)(H,20,24). The van der Waals surface area contributed by atoms with E-state index in [1.165, 1.54) is 11.3 Å². The molecule has 2 heterocycles. The number of nitrogen functional groups attached to an aromatic ring is 1. The monoisotopic (exact) mass is 361 g/mol. The van der Waals surface area contributed by atoms with E-state index in [1.807, 2.05) is 20.8 Å². The van der Waals surface area contributed by atoms with Crippen LogP contribution in [0.2, 0.25) is 0 Å². The summed E-state index contributed by atoms with van der Waals surface area (Å²) in [4.78, 5) is 28.1. The van der Waals surface area contributed by atoms with Crippen LogP contribution in [0.25, 0.3) is 0 Å². The largest absolute Gasteiger partial charge is 0.374 e. The van der Waals surface area contributed by atoms with Gasteiger partial charge >= 0.3 is 0 Å². The summed E-state index contributed by atoms with van der Waals surface area (Å²) in [6.07, 6.45) is 4.64. The van der Waals surface area contributed by atoms with E-state index in [0.717, 1.165) is 48.4 Å². The zero-order valence-corrected chi connectivity index (χ0v) is 15.5. The summed E-state index contributed by atoms with van der Waals surface area (Å²) >= 11 is 1.30. The quantitative estimate of drug-likeness (QED) is 0.776. The van der Waals surface area contributed by atoms with Crippen LogP contribution in [0.4, 0.5) is 5.13 Å². The fourth-order valence-corrected chi connectivity index (χ4v) is 4.31. The summed E-state index contributed by atoms with van der Waals surface area (Å²) in [6, 6.07) is 0. The van der Waals surface area contributed by atoms with E-state index in [-0.39, 0.29) is 17.0 Å². The zero-order chi connectivity index (χ0) is 18.2. The molecule has 0 atom stereocenters. The maximum Gasteiger partial charge on any atom is 0.261 e. The second kappa shape index (κ2) is 6.59. The highest BCUT2D eigenvalue weighted by Gasteiger charge is 2.39. The van der Waals surface area contributed by atoms with Gasteiger partial charge in [-0.1, -0.05) is 30.6 Å². The van der Waals surface area contributed by atoms with E-state index in [0.29, 0.717) is 10.7 Å². The van der Waals surface area contributed by atoms with Gasteiger partial charge in [0.2, 0.25) is 5.13 Å². The van der Waals surface area contributed by atoms with E-state index in [1.54, 1.807) is 0 Å². The highest BCUT2D eigenvalue weighted by Crippen LogP contribution is 2.39. The van der Waals surface area contributed by atoms with Crippen molar-refractivity contribution in [3.63, 3.8) is 0 Å². The fourth-order valence-electron chi connectivity index (χ4n) is 3.49. The number of anilines is 1. The van der Waals surface area contributed by atoms with E-state index in [9.17, 15) is 9.59 Å². The molecule has 1 saturated carbocycles. The number of pyridine rings is 1. The third-order valence-electron chi connectivity index (χ3n) is 5.17. The molecular formula is C17H23N5O2S. The number of hydrogen-bond acceptors (Lipinski definition) is 6. The molecule has 0 spiro atoms. The van der Waals surface area contributed by atoms with Crippen LogP contribution in [0, 0.1) is 20.8 Å². The molecule has 2 aromatic rings. The van der Waals surface area contributed by atoms with Gasteiger partial charge in [0.25, 0.3) is 11.5 Å². The maximum atomic E-state index is 13.0. The van der Waals surface area contributed by atoms with Crippen molar-refractivity contribution in [2.24, 2.45) is 0 Å². The van der Waals surface area contributed by atoms with Crippen LogP contribution in [0.5, 0.6) is 0 Å². The topological polar surface area (TPSA) is 114 Å². The number of nitrogens with one attached hydrogen (secondary N) is 2. The van der Waals surface area contributed by atoms with E-state index in [2.05, 4.69) is 20.5 Å². The summed E-state index contributed by atoms with van der Waals surface area (Å²) in [7, 11) is 0. The lowest BCUT2D eigenvalue weighted by Crippen LogP contribution is -2.48. The average molecular weight is 361 g/mol. The molecule has 1 aliphatic rings. The first-order chi connectivity index (χ1) is 11.8. The first-order valence-electron chi connectivity index (χ1n) is 8.46. The summed E-state index contributed by atoms with van der Waals surface area (Å²) in [5.41, 5.74) is 7.37. The minimum Gasteiger partial charge on any atom is -0.374 e. The lowest BCUT2D eigenvalue weighted by atomic mass is 9.81. The second-order valence-corrected chi connectivity index (χ2v) is 7.76. The van der Waals surface area contributed by atoms with Crippen molar-refractivity contribution in [3.05, 3.63) is 37.7 Å². The van der Waals surface area contributed by atoms with E-state index >= 15 is 0 Å². The van der Waals surface area contributed by atoms with Crippen LogP contribution in [-0.2, 0) is 5.54 Å². The molecule has 0 bridgehead atoms. The van der Waals surface area contributed by atoms with Crippen LogP contribution in [0.15, 0.2) is 4.79 Å². The van der Waals surface area contributed by atoms with Crippen molar-refractivity contribution >= 4 is 22.4 Å². The van der Waals surface area contributed by atoms with Crippen molar-refractivity contribution in [3.8, 4) is 0 Å². The maximum absolute atomic E-state index is 13.0. The van der Waals surface area contributed by atoms with E-state index in [4.69, 9.17) is 5.73 Å². The van der Waals surface area contributed by atoms with Crippen molar-refractivity contribution < 1.29 is 4.79 Å². The average Bonchev–Trinajstić information content (AvgIpc) is 3.01. The molecule has 4 N–H and O–H groups in total. The van der Waals surface area contributed by atoms with Gasteiger partial charge in [-0.3, -0.25) is 9.59 Å². The number of H-pyrrole nitrogens is 1. The van der Waals surface area contributed by atoms with Gasteiger partial charge in [0, 0.05) is 5.69 Å². The Bertz CT molecular complexity index is 864. The molecule has 134 valence electrons. The van der Waals surface area contributed by atoms with Crippen molar-refractivity contribution in [2.45, 2.75) is 58.4 Å². The number of carbonyl (C=O) groups is 1. The Balaban J connectivity index is 2.00. The Hall–Kier alpha value is -2.22. The highest BCUT2D eigenvalue weighted by molar-refractivity contribution is 7.15. The van der Waals surface area contributed by atoms with Crippen LogP contribution in [0.3, 0.4) is 0 Å². The number of aryl methyl sites for hydroxylation is 1. The summed E-state index contributed by atoms with van der Waals surface area (Å²) in [6.45, 7) is 5.54. The lowest BCUT2D eigenvalue weighted by molar-refractivity contribution is 0.0863. The number of aromatic nitrogens is 3. The molecule has 8 heteroatoms. The molecule has 0 saturated heterocycles. The van der Waals surface area contributed by atoms with Crippen molar-refractivity contribution in [1.29, 1.82) is 0 Å². The Morgan fingerprint density at radius 3 is 2.44 bits per heavy atom. The number of nitrogens with zero attached hydrogens (tertiary/aromatic N) is 2. The third-order valence-corrected chi connectivity index (χ3v) is 6.12. The molecule has 0 aliphatic heterocycles. The molecule has 0 unspecified atom stereocenters. The summed E-state index contributed by atoms with van der Waals surface area (Å²) in [5.74, 6) is -0.363. The number of amides is 1. The molecule has 1 amide bonds. The molecule has 2 aromatic heterocycles. The predicted molar refractivity (Wildman–Crippen MR) is 97.8 cm³/mol. The molecule has 1 aliphatic carbocycles. The number of carbonyl (C=O) groups excluding carboxylic acids is 1. The third kappa shape index (κ3) is 3.18. The van der Waals surface area contributed by atoms with Gasteiger partial charge in [-0.05, 0) is 44.7 Å². The molecule has 1 fully saturated rings. The lowest BCUT2D eigenvalue weighted by Gasteiger charge is -2.36. The number of nitrogens with two attached hydrogens (primary N) is 1. The number of hydrogen-bond donors (Lipinski definition) is 3. The van der Waals surface area contributed by atoms with Gasteiger partial charge in [-0.25, -0.2) is 0 Å². The van der Waals surface area contributed by atoms with Crippen molar-refractivity contribution in [1.82, 2.24) is 20.5 Å². The predicted octanol–water partition coefficient (Wildman–Crippen LogP) is 2.32. The SMILES string of the molecule is Cc1[nH]c(=O)c(C(=O)NC2(c3nnc(N)s3)CCCCC2)c(C)c1C. The summed E-state index contributed by atoms with van der Waals surface area (Å²) < 4.78 is 0. The molecule has 7 nitrogen and oxygen atoms in total.